The fourth-order valence-electron chi connectivity index (χ4n) is 1.28. The van der Waals surface area contributed by atoms with Crippen LogP contribution in [0.3, 0.4) is 0 Å². The Morgan fingerprint density at radius 2 is 2.12 bits per heavy atom. The van der Waals surface area contributed by atoms with Crippen molar-refractivity contribution in [3.8, 4) is 0 Å². The molecule has 0 aliphatic rings. The zero-order valence-electron chi connectivity index (χ0n) is 9.44. The van der Waals surface area contributed by atoms with Gasteiger partial charge in [-0.3, -0.25) is 4.79 Å². The van der Waals surface area contributed by atoms with Gasteiger partial charge in [0.2, 0.25) is 0 Å². The minimum Gasteiger partial charge on any atom is -0.389 e. The maximum atomic E-state index is 11.8. The van der Waals surface area contributed by atoms with Crippen molar-refractivity contribution >= 4 is 17.5 Å². The SMILES string of the molecule is CN(CC(C)(C)O)C(=O)c1ccc(Cl)nn1. The third-order valence-electron chi connectivity index (χ3n) is 1.82. The summed E-state index contributed by atoms with van der Waals surface area (Å²) in [6.45, 7) is 3.48. The zero-order chi connectivity index (χ0) is 12.3. The predicted molar refractivity (Wildman–Crippen MR) is 60.3 cm³/mol. The molecule has 0 saturated heterocycles. The Balaban J connectivity index is 2.74. The van der Waals surface area contributed by atoms with Gasteiger partial charge in [-0.2, -0.15) is 0 Å². The molecule has 1 aromatic rings. The van der Waals surface area contributed by atoms with Gasteiger partial charge in [-0.1, -0.05) is 11.6 Å². The van der Waals surface area contributed by atoms with Gasteiger partial charge in [-0.05, 0) is 26.0 Å². The maximum absolute atomic E-state index is 11.8. The third-order valence-corrected chi connectivity index (χ3v) is 2.02. The molecule has 0 radical (unpaired) electrons. The van der Waals surface area contributed by atoms with Crippen molar-refractivity contribution in [2.75, 3.05) is 13.6 Å². The van der Waals surface area contributed by atoms with E-state index in [1.54, 1.807) is 20.9 Å². The van der Waals surface area contributed by atoms with Crippen LogP contribution in [0.4, 0.5) is 0 Å². The van der Waals surface area contributed by atoms with E-state index in [2.05, 4.69) is 10.2 Å². The molecule has 1 amide bonds. The molecule has 0 spiro atoms. The number of nitrogens with zero attached hydrogens (tertiary/aromatic N) is 3. The lowest BCUT2D eigenvalue weighted by Gasteiger charge is -2.25. The molecule has 16 heavy (non-hydrogen) atoms. The molecule has 0 aliphatic heterocycles. The Hall–Kier alpha value is -1.20. The number of rotatable bonds is 3. The maximum Gasteiger partial charge on any atom is 0.274 e. The lowest BCUT2D eigenvalue weighted by Crippen LogP contribution is -2.40. The molecule has 0 unspecified atom stereocenters. The van der Waals surface area contributed by atoms with Crippen molar-refractivity contribution in [3.05, 3.63) is 23.0 Å². The summed E-state index contributed by atoms with van der Waals surface area (Å²) in [5.74, 6) is -0.300. The first-order chi connectivity index (χ1) is 7.29. The summed E-state index contributed by atoms with van der Waals surface area (Å²) in [7, 11) is 1.59. The van der Waals surface area contributed by atoms with Gasteiger partial charge in [0.25, 0.3) is 5.91 Å². The molecular weight excluding hydrogens is 230 g/mol. The average molecular weight is 244 g/mol. The van der Waals surface area contributed by atoms with Gasteiger partial charge in [-0.25, -0.2) is 0 Å². The quantitative estimate of drug-likeness (QED) is 0.859. The summed E-state index contributed by atoms with van der Waals surface area (Å²) in [6, 6.07) is 3.00. The molecule has 1 heterocycles. The molecule has 0 fully saturated rings. The van der Waals surface area contributed by atoms with E-state index in [9.17, 15) is 9.90 Å². The lowest BCUT2D eigenvalue weighted by atomic mass is 10.1. The Bertz CT molecular complexity index is 373. The highest BCUT2D eigenvalue weighted by Gasteiger charge is 2.21. The fraction of sp³-hybridized carbons (Fsp3) is 0.500. The Labute approximate surface area is 99.0 Å². The molecule has 6 heteroatoms. The molecule has 88 valence electrons. The summed E-state index contributed by atoms with van der Waals surface area (Å²) < 4.78 is 0. The van der Waals surface area contributed by atoms with Crippen LogP contribution in [0.5, 0.6) is 0 Å². The number of halogens is 1. The molecule has 0 aromatic carbocycles. The van der Waals surface area contributed by atoms with Crippen molar-refractivity contribution in [1.29, 1.82) is 0 Å². The van der Waals surface area contributed by atoms with Gasteiger partial charge in [0.15, 0.2) is 10.8 Å². The van der Waals surface area contributed by atoms with E-state index < -0.39 is 5.60 Å². The van der Waals surface area contributed by atoms with Crippen LogP contribution >= 0.6 is 11.6 Å². The van der Waals surface area contributed by atoms with Gasteiger partial charge < -0.3 is 10.0 Å². The monoisotopic (exact) mass is 243 g/mol. The van der Waals surface area contributed by atoms with E-state index in [0.29, 0.717) is 0 Å². The number of hydrogen-bond acceptors (Lipinski definition) is 4. The number of amides is 1. The molecule has 0 saturated carbocycles. The predicted octanol–water partition coefficient (Wildman–Crippen LogP) is 0.973. The third kappa shape index (κ3) is 3.75. The van der Waals surface area contributed by atoms with Crippen molar-refractivity contribution in [3.63, 3.8) is 0 Å². The average Bonchev–Trinajstić information content (AvgIpc) is 2.15. The highest BCUT2D eigenvalue weighted by Crippen LogP contribution is 2.08. The van der Waals surface area contributed by atoms with Crippen molar-refractivity contribution in [2.45, 2.75) is 19.4 Å². The standard InChI is InChI=1S/C10H14ClN3O2/c1-10(2,16)6-14(3)9(15)7-4-5-8(11)13-12-7/h4-5,16H,6H2,1-3H3. The summed E-state index contributed by atoms with van der Waals surface area (Å²) in [6.07, 6.45) is 0. The normalized spacial score (nSPS) is 11.3. The summed E-state index contributed by atoms with van der Waals surface area (Å²) in [5, 5.41) is 17.1. The van der Waals surface area contributed by atoms with Crippen molar-refractivity contribution in [1.82, 2.24) is 15.1 Å². The smallest absolute Gasteiger partial charge is 0.274 e. The van der Waals surface area contributed by atoms with Gasteiger partial charge in [0.1, 0.15) is 0 Å². The molecule has 5 nitrogen and oxygen atoms in total. The highest BCUT2D eigenvalue weighted by atomic mass is 35.5. The van der Waals surface area contributed by atoms with Crippen LogP contribution in [0.1, 0.15) is 24.3 Å². The first kappa shape index (κ1) is 12.9. The molecule has 0 aliphatic carbocycles. The van der Waals surface area contributed by atoms with Crippen LogP contribution in [0, 0.1) is 0 Å². The number of carbonyl (C=O) groups excluding carboxylic acids is 1. The molecular formula is C10H14ClN3O2. The highest BCUT2D eigenvalue weighted by molar-refractivity contribution is 6.29. The molecule has 0 atom stereocenters. The van der Waals surface area contributed by atoms with E-state index in [1.165, 1.54) is 17.0 Å². The first-order valence-corrected chi connectivity index (χ1v) is 5.14. The summed E-state index contributed by atoms with van der Waals surface area (Å²) >= 11 is 5.56. The van der Waals surface area contributed by atoms with Crippen LogP contribution in [0.15, 0.2) is 12.1 Å². The minimum atomic E-state index is -0.940. The van der Waals surface area contributed by atoms with Gasteiger partial charge in [0.05, 0.1) is 5.60 Å². The Morgan fingerprint density at radius 1 is 1.50 bits per heavy atom. The van der Waals surface area contributed by atoms with Crippen LogP contribution in [0.25, 0.3) is 0 Å². The van der Waals surface area contributed by atoms with E-state index in [-0.39, 0.29) is 23.3 Å². The van der Waals surface area contributed by atoms with E-state index in [4.69, 9.17) is 11.6 Å². The molecule has 1 N–H and O–H groups in total. The number of likely N-dealkylation sites (N-methyl/N-ethyl adjacent to an activating group) is 1. The molecule has 1 aromatic heterocycles. The van der Waals surface area contributed by atoms with Gasteiger partial charge >= 0.3 is 0 Å². The van der Waals surface area contributed by atoms with Crippen LogP contribution < -0.4 is 0 Å². The number of aromatic nitrogens is 2. The van der Waals surface area contributed by atoms with Gasteiger partial charge in [-0.15, -0.1) is 10.2 Å². The second-order valence-corrected chi connectivity index (χ2v) is 4.60. The fourth-order valence-corrected chi connectivity index (χ4v) is 1.38. The Kier molecular flexibility index (Phi) is 3.83. The topological polar surface area (TPSA) is 66.3 Å². The molecule has 1 rings (SSSR count). The number of carbonyl (C=O) groups is 1. The second kappa shape index (κ2) is 4.76. The lowest BCUT2D eigenvalue weighted by molar-refractivity contribution is 0.0364. The van der Waals surface area contributed by atoms with Crippen molar-refractivity contribution < 1.29 is 9.90 Å². The van der Waals surface area contributed by atoms with E-state index >= 15 is 0 Å². The van der Waals surface area contributed by atoms with Gasteiger partial charge in [0, 0.05) is 13.6 Å². The van der Waals surface area contributed by atoms with Crippen molar-refractivity contribution in [2.24, 2.45) is 0 Å². The largest absolute Gasteiger partial charge is 0.389 e. The Morgan fingerprint density at radius 3 is 2.56 bits per heavy atom. The zero-order valence-corrected chi connectivity index (χ0v) is 10.2. The number of hydrogen-bond donors (Lipinski definition) is 1. The van der Waals surface area contributed by atoms with Crippen LogP contribution in [0.2, 0.25) is 5.15 Å². The second-order valence-electron chi connectivity index (χ2n) is 4.21. The van der Waals surface area contributed by atoms with Crippen LogP contribution in [-0.4, -0.2) is 45.3 Å². The molecule has 0 bridgehead atoms. The van der Waals surface area contributed by atoms with Crippen LogP contribution in [-0.2, 0) is 0 Å². The summed E-state index contributed by atoms with van der Waals surface area (Å²) in [5.41, 5.74) is -0.735. The minimum absolute atomic E-state index is 0.205. The van der Waals surface area contributed by atoms with E-state index in [0.717, 1.165) is 0 Å². The first-order valence-electron chi connectivity index (χ1n) is 4.77. The summed E-state index contributed by atoms with van der Waals surface area (Å²) in [4.78, 5) is 13.2. The van der Waals surface area contributed by atoms with E-state index in [1.807, 2.05) is 0 Å². The number of aliphatic hydroxyl groups is 1.